The number of hydrogen-bond acceptors (Lipinski definition) is 3. The molecule has 0 spiro atoms. The fourth-order valence-electron chi connectivity index (χ4n) is 1.21. The van der Waals surface area contributed by atoms with E-state index in [1.54, 1.807) is 17.4 Å². The quantitative estimate of drug-likeness (QED) is 0.683. The Morgan fingerprint density at radius 2 is 2.38 bits per heavy atom. The summed E-state index contributed by atoms with van der Waals surface area (Å²) in [6.45, 7) is 2.08. The lowest BCUT2D eigenvalue weighted by Crippen LogP contribution is -1.77. The number of carbonyl (C=O) groups excluding carboxylic acids is 1. The van der Waals surface area contributed by atoms with Crippen molar-refractivity contribution in [2.45, 2.75) is 13.3 Å². The number of nitrogens with zero attached hydrogens (tertiary/aromatic N) is 1. The van der Waals surface area contributed by atoms with E-state index in [0.717, 1.165) is 33.5 Å². The van der Waals surface area contributed by atoms with Crippen LogP contribution < -0.4 is 0 Å². The second kappa shape index (κ2) is 3.26. The molecule has 3 heteroatoms. The number of aromatic nitrogens is 1. The number of hydrogen-bond donors (Lipinski definition) is 0. The number of benzene rings is 1. The minimum Gasteiger partial charge on any atom is -0.298 e. The molecule has 0 amide bonds. The molecule has 0 bridgehead atoms. The number of fused-ring (bicyclic) bond motifs is 1. The van der Waals surface area contributed by atoms with Crippen LogP contribution in [-0.2, 0) is 6.42 Å². The molecule has 1 aromatic carbocycles. The third-order valence-corrected chi connectivity index (χ3v) is 3.06. The lowest BCUT2D eigenvalue weighted by Gasteiger charge is -1.87. The average Bonchev–Trinajstić information content (AvgIpc) is 2.58. The van der Waals surface area contributed by atoms with Gasteiger partial charge in [-0.3, -0.25) is 4.79 Å². The molecule has 0 fully saturated rings. The van der Waals surface area contributed by atoms with Crippen molar-refractivity contribution in [3.05, 3.63) is 28.8 Å². The highest BCUT2D eigenvalue weighted by Crippen LogP contribution is 2.22. The van der Waals surface area contributed by atoms with E-state index in [9.17, 15) is 4.79 Å². The Bertz CT molecular complexity index is 447. The smallest absolute Gasteiger partial charge is 0.150 e. The van der Waals surface area contributed by atoms with Crippen molar-refractivity contribution >= 4 is 27.8 Å². The molecule has 0 radical (unpaired) electrons. The number of aryl methyl sites for hydroxylation is 1. The molecule has 0 N–H and O–H groups in total. The maximum atomic E-state index is 10.5. The number of carbonyl (C=O) groups is 1. The molecule has 0 aliphatic rings. The predicted molar refractivity (Wildman–Crippen MR) is 54.4 cm³/mol. The van der Waals surface area contributed by atoms with Gasteiger partial charge in [0.2, 0.25) is 0 Å². The lowest BCUT2D eigenvalue weighted by atomic mass is 10.2. The van der Waals surface area contributed by atoms with Crippen LogP contribution in [0.5, 0.6) is 0 Å². The first-order chi connectivity index (χ1) is 6.33. The zero-order chi connectivity index (χ0) is 9.26. The van der Waals surface area contributed by atoms with Crippen LogP contribution in [0.3, 0.4) is 0 Å². The standard InChI is InChI=1S/C10H9NOS/c1-2-10-11-8-4-3-7(6-12)5-9(8)13-10/h3-6H,2H2,1H3. The molecule has 0 aliphatic carbocycles. The van der Waals surface area contributed by atoms with Crippen LogP contribution in [0.4, 0.5) is 0 Å². The van der Waals surface area contributed by atoms with E-state index in [2.05, 4.69) is 11.9 Å². The van der Waals surface area contributed by atoms with Gasteiger partial charge in [0.1, 0.15) is 6.29 Å². The topological polar surface area (TPSA) is 30.0 Å². The van der Waals surface area contributed by atoms with E-state index in [4.69, 9.17) is 0 Å². The largest absolute Gasteiger partial charge is 0.298 e. The molecule has 13 heavy (non-hydrogen) atoms. The first-order valence-corrected chi connectivity index (χ1v) is 5.00. The molecule has 2 aromatic rings. The summed E-state index contributed by atoms with van der Waals surface area (Å²) in [6.07, 6.45) is 1.82. The maximum Gasteiger partial charge on any atom is 0.150 e. The van der Waals surface area contributed by atoms with Gasteiger partial charge in [-0.2, -0.15) is 0 Å². The Balaban J connectivity index is 2.63. The Labute approximate surface area is 80.2 Å². The van der Waals surface area contributed by atoms with Crippen LogP contribution in [0, 0.1) is 0 Å². The minimum atomic E-state index is 0.721. The monoisotopic (exact) mass is 191 g/mol. The average molecular weight is 191 g/mol. The second-order valence-corrected chi connectivity index (χ2v) is 3.92. The van der Waals surface area contributed by atoms with E-state index in [0.29, 0.717) is 0 Å². The molecule has 1 aromatic heterocycles. The summed E-state index contributed by atoms with van der Waals surface area (Å²) in [7, 11) is 0. The molecule has 0 aliphatic heterocycles. The maximum absolute atomic E-state index is 10.5. The van der Waals surface area contributed by atoms with Gasteiger partial charge in [-0.15, -0.1) is 11.3 Å². The van der Waals surface area contributed by atoms with Crippen LogP contribution >= 0.6 is 11.3 Å². The third kappa shape index (κ3) is 1.47. The Morgan fingerprint density at radius 3 is 3.08 bits per heavy atom. The van der Waals surface area contributed by atoms with Crippen molar-refractivity contribution in [3.63, 3.8) is 0 Å². The highest BCUT2D eigenvalue weighted by molar-refractivity contribution is 7.18. The molecular formula is C10H9NOS. The predicted octanol–water partition coefficient (Wildman–Crippen LogP) is 2.67. The lowest BCUT2D eigenvalue weighted by molar-refractivity contribution is 0.112. The van der Waals surface area contributed by atoms with Crippen molar-refractivity contribution in [2.75, 3.05) is 0 Å². The first kappa shape index (κ1) is 8.38. The SMILES string of the molecule is CCc1nc2ccc(C=O)cc2s1. The van der Waals surface area contributed by atoms with Gasteiger partial charge >= 0.3 is 0 Å². The van der Waals surface area contributed by atoms with Crippen molar-refractivity contribution in [2.24, 2.45) is 0 Å². The zero-order valence-electron chi connectivity index (χ0n) is 7.28. The second-order valence-electron chi connectivity index (χ2n) is 2.81. The fraction of sp³-hybridized carbons (Fsp3) is 0.200. The normalized spacial score (nSPS) is 10.5. The summed E-state index contributed by atoms with van der Waals surface area (Å²) in [6, 6.07) is 5.59. The van der Waals surface area contributed by atoms with Crippen molar-refractivity contribution < 1.29 is 4.79 Å². The van der Waals surface area contributed by atoms with Gasteiger partial charge in [-0.25, -0.2) is 4.98 Å². The van der Waals surface area contributed by atoms with Gasteiger partial charge in [0, 0.05) is 5.56 Å². The van der Waals surface area contributed by atoms with Crippen LogP contribution in [-0.4, -0.2) is 11.3 Å². The van der Waals surface area contributed by atoms with Crippen LogP contribution in [0.1, 0.15) is 22.3 Å². The van der Waals surface area contributed by atoms with Crippen LogP contribution in [0.25, 0.3) is 10.2 Å². The first-order valence-electron chi connectivity index (χ1n) is 4.18. The fourth-order valence-corrected chi connectivity index (χ4v) is 2.17. The molecule has 0 saturated heterocycles. The molecule has 2 rings (SSSR count). The van der Waals surface area contributed by atoms with Gasteiger partial charge in [0.05, 0.1) is 15.2 Å². The Kier molecular flexibility index (Phi) is 2.10. The van der Waals surface area contributed by atoms with E-state index in [-0.39, 0.29) is 0 Å². The summed E-state index contributed by atoms with van der Waals surface area (Å²) in [5.41, 5.74) is 1.71. The number of rotatable bonds is 2. The summed E-state index contributed by atoms with van der Waals surface area (Å²) >= 11 is 1.66. The molecule has 0 unspecified atom stereocenters. The molecule has 66 valence electrons. The molecule has 0 atom stereocenters. The molecule has 1 heterocycles. The highest BCUT2D eigenvalue weighted by Gasteiger charge is 2.02. The summed E-state index contributed by atoms with van der Waals surface area (Å²) < 4.78 is 1.10. The number of thiazole rings is 1. The molecule has 2 nitrogen and oxygen atoms in total. The van der Waals surface area contributed by atoms with E-state index in [1.165, 1.54) is 0 Å². The van der Waals surface area contributed by atoms with E-state index < -0.39 is 0 Å². The van der Waals surface area contributed by atoms with E-state index in [1.807, 2.05) is 12.1 Å². The van der Waals surface area contributed by atoms with Gasteiger partial charge < -0.3 is 0 Å². The molecular weight excluding hydrogens is 182 g/mol. The van der Waals surface area contributed by atoms with Gasteiger partial charge in [-0.1, -0.05) is 6.92 Å². The van der Waals surface area contributed by atoms with Crippen molar-refractivity contribution in [1.29, 1.82) is 0 Å². The third-order valence-electron chi connectivity index (χ3n) is 1.90. The van der Waals surface area contributed by atoms with Crippen molar-refractivity contribution in [3.8, 4) is 0 Å². The van der Waals surface area contributed by atoms with Crippen molar-refractivity contribution in [1.82, 2.24) is 4.98 Å². The van der Waals surface area contributed by atoms with E-state index >= 15 is 0 Å². The summed E-state index contributed by atoms with van der Waals surface area (Å²) in [4.78, 5) is 14.9. The van der Waals surface area contributed by atoms with Gasteiger partial charge in [0.15, 0.2) is 0 Å². The van der Waals surface area contributed by atoms with Gasteiger partial charge in [0.25, 0.3) is 0 Å². The van der Waals surface area contributed by atoms with Crippen LogP contribution in [0.15, 0.2) is 18.2 Å². The zero-order valence-corrected chi connectivity index (χ0v) is 8.10. The summed E-state index contributed by atoms with van der Waals surface area (Å²) in [5, 5.41) is 1.12. The highest BCUT2D eigenvalue weighted by atomic mass is 32.1. The summed E-state index contributed by atoms with van der Waals surface area (Å²) in [5.74, 6) is 0. The molecule has 0 saturated carbocycles. The van der Waals surface area contributed by atoms with Crippen LogP contribution in [0.2, 0.25) is 0 Å². The Morgan fingerprint density at radius 1 is 1.54 bits per heavy atom. The number of aldehydes is 1. The Hall–Kier alpha value is -1.22. The minimum absolute atomic E-state index is 0.721. The van der Waals surface area contributed by atoms with Gasteiger partial charge in [-0.05, 0) is 24.6 Å².